The fraction of sp³-hybridized carbons (Fsp3) is 0.438. The average molecular weight is 275 g/mol. The first-order valence-electron chi connectivity index (χ1n) is 6.79. The summed E-state index contributed by atoms with van der Waals surface area (Å²) in [6.45, 7) is 1.58. The van der Waals surface area contributed by atoms with Gasteiger partial charge in [0.2, 0.25) is 0 Å². The van der Waals surface area contributed by atoms with Crippen molar-refractivity contribution in [2.75, 3.05) is 6.61 Å². The lowest BCUT2D eigenvalue weighted by Gasteiger charge is -2.14. The molecule has 0 spiro atoms. The highest BCUT2D eigenvalue weighted by atomic mass is 19.1. The maximum atomic E-state index is 14.1. The molecule has 0 radical (unpaired) electrons. The number of amides is 1. The maximum absolute atomic E-state index is 14.1. The highest BCUT2D eigenvalue weighted by Crippen LogP contribution is 2.24. The van der Waals surface area contributed by atoms with Gasteiger partial charge in [0.05, 0.1) is 0 Å². The van der Waals surface area contributed by atoms with Crippen LogP contribution in [0.1, 0.15) is 41.6 Å². The summed E-state index contributed by atoms with van der Waals surface area (Å²) in [5.41, 5.74) is 0.637. The van der Waals surface area contributed by atoms with Crippen LogP contribution in [0.5, 0.6) is 5.75 Å². The molecule has 20 heavy (non-hydrogen) atoms. The van der Waals surface area contributed by atoms with Crippen LogP contribution < -0.4 is 10.1 Å². The van der Waals surface area contributed by atoms with E-state index < -0.39 is 5.82 Å². The van der Waals surface area contributed by atoms with E-state index in [-0.39, 0.29) is 29.9 Å². The smallest absolute Gasteiger partial charge is 0.251 e. The molecule has 1 aromatic carbocycles. The second kappa shape index (κ2) is 6.42. The summed E-state index contributed by atoms with van der Waals surface area (Å²) in [7, 11) is 0. The van der Waals surface area contributed by atoms with Crippen molar-refractivity contribution in [3.05, 3.63) is 29.1 Å². The predicted molar refractivity (Wildman–Crippen MR) is 75.2 cm³/mol. The van der Waals surface area contributed by atoms with Crippen molar-refractivity contribution in [1.82, 2.24) is 5.32 Å². The molecule has 0 aromatic heterocycles. The molecule has 0 heterocycles. The summed E-state index contributed by atoms with van der Waals surface area (Å²) in [5, 5.41) is 2.95. The van der Waals surface area contributed by atoms with E-state index in [1.54, 1.807) is 13.0 Å². The highest BCUT2D eigenvalue weighted by Gasteiger charge is 2.21. The van der Waals surface area contributed by atoms with Crippen LogP contribution in [0.15, 0.2) is 12.1 Å². The summed E-state index contributed by atoms with van der Waals surface area (Å²) in [5.74, 6) is 1.61. The van der Waals surface area contributed by atoms with E-state index in [0.717, 1.165) is 25.7 Å². The minimum atomic E-state index is -0.528. The van der Waals surface area contributed by atoms with E-state index in [1.807, 2.05) is 0 Å². The zero-order chi connectivity index (χ0) is 14.5. The number of hydrogen-bond acceptors (Lipinski definition) is 2. The number of carbonyl (C=O) groups excluding carboxylic acids is 1. The number of nitrogens with one attached hydrogen (secondary N) is 1. The van der Waals surface area contributed by atoms with E-state index in [2.05, 4.69) is 11.2 Å². The number of rotatable bonds is 4. The van der Waals surface area contributed by atoms with Crippen LogP contribution in [0, 0.1) is 25.1 Å². The Morgan fingerprint density at radius 3 is 2.85 bits per heavy atom. The van der Waals surface area contributed by atoms with Crippen molar-refractivity contribution < 1.29 is 13.9 Å². The first-order chi connectivity index (χ1) is 9.63. The average Bonchev–Trinajstić information content (AvgIpc) is 2.93. The minimum absolute atomic E-state index is 0.00395. The molecule has 0 bridgehead atoms. The van der Waals surface area contributed by atoms with Crippen molar-refractivity contribution in [2.45, 2.75) is 38.6 Å². The van der Waals surface area contributed by atoms with E-state index in [4.69, 9.17) is 11.2 Å². The lowest BCUT2D eigenvalue weighted by atomic mass is 10.1. The van der Waals surface area contributed by atoms with E-state index in [0.29, 0.717) is 5.56 Å². The molecule has 0 unspecified atom stereocenters. The Hall–Kier alpha value is -2.02. The molecule has 1 fully saturated rings. The van der Waals surface area contributed by atoms with Gasteiger partial charge in [-0.2, -0.15) is 0 Å². The van der Waals surface area contributed by atoms with Gasteiger partial charge in [0.25, 0.3) is 5.91 Å². The standard InChI is InChI=1S/C16H18FNO2/c1-3-10-20-14-9-8-13(11(2)15(14)17)16(19)18-12-6-4-5-7-12/h1,8-9,12H,4-7,10H2,2H3,(H,18,19). The molecule has 0 aliphatic heterocycles. The van der Waals surface area contributed by atoms with Crippen LogP contribution in [0.25, 0.3) is 0 Å². The zero-order valence-electron chi connectivity index (χ0n) is 11.5. The van der Waals surface area contributed by atoms with Gasteiger partial charge in [0.15, 0.2) is 11.6 Å². The van der Waals surface area contributed by atoms with Crippen molar-refractivity contribution in [2.24, 2.45) is 0 Å². The van der Waals surface area contributed by atoms with Gasteiger partial charge in [0, 0.05) is 17.2 Å². The molecule has 4 heteroatoms. The number of halogens is 1. The van der Waals surface area contributed by atoms with Gasteiger partial charge in [-0.15, -0.1) is 6.42 Å². The summed E-state index contributed by atoms with van der Waals surface area (Å²) < 4.78 is 19.2. The fourth-order valence-corrected chi connectivity index (χ4v) is 2.47. The normalized spacial score (nSPS) is 14.8. The Bertz CT molecular complexity index is 542. The molecule has 1 aliphatic rings. The van der Waals surface area contributed by atoms with Crippen molar-refractivity contribution in [3.8, 4) is 18.1 Å². The molecule has 1 saturated carbocycles. The molecule has 0 atom stereocenters. The molecule has 1 aliphatic carbocycles. The molecule has 3 nitrogen and oxygen atoms in total. The molecule has 1 aromatic rings. The third kappa shape index (κ3) is 3.11. The zero-order valence-corrected chi connectivity index (χ0v) is 11.5. The largest absolute Gasteiger partial charge is 0.478 e. The molecule has 106 valence electrons. The van der Waals surface area contributed by atoms with Crippen molar-refractivity contribution in [3.63, 3.8) is 0 Å². The van der Waals surface area contributed by atoms with Crippen molar-refractivity contribution in [1.29, 1.82) is 0 Å². The molecular formula is C16H18FNO2. The molecule has 0 saturated heterocycles. The highest BCUT2D eigenvalue weighted by molar-refractivity contribution is 5.96. The van der Waals surface area contributed by atoms with Gasteiger partial charge < -0.3 is 10.1 Å². The predicted octanol–water partition coefficient (Wildman–Crippen LogP) is 2.82. The fourth-order valence-electron chi connectivity index (χ4n) is 2.47. The monoisotopic (exact) mass is 275 g/mol. The van der Waals surface area contributed by atoms with Gasteiger partial charge in [-0.05, 0) is 31.9 Å². The van der Waals surface area contributed by atoms with Crippen LogP contribution in [0.3, 0.4) is 0 Å². The van der Waals surface area contributed by atoms with Gasteiger partial charge in [-0.25, -0.2) is 4.39 Å². The quantitative estimate of drug-likeness (QED) is 0.858. The molecule has 2 rings (SSSR count). The SMILES string of the molecule is C#CCOc1ccc(C(=O)NC2CCCC2)c(C)c1F. The first kappa shape index (κ1) is 14.4. The van der Waals surface area contributed by atoms with E-state index in [9.17, 15) is 9.18 Å². The Labute approximate surface area is 118 Å². The molecule has 1 N–H and O–H groups in total. The van der Waals surface area contributed by atoms with Gasteiger partial charge >= 0.3 is 0 Å². The van der Waals surface area contributed by atoms with Gasteiger partial charge in [0.1, 0.15) is 6.61 Å². The minimum Gasteiger partial charge on any atom is -0.478 e. The van der Waals surface area contributed by atoms with E-state index >= 15 is 0 Å². The summed E-state index contributed by atoms with van der Waals surface area (Å²) in [6, 6.07) is 3.24. The van der Waals surface area contributed by atoms with Crippen LogP contribution in [-0.2, 0) is 0 Å². The van der Waals surface area contributed by atoms with Gasteiger partial charge in [-0.1, -0.05) is 18.8 Å². The Morgan fingerprint density at radius 2 is 2.20 bits per heavy atom. The summed E-state index contributed by atoms with van der Waals surface area (Å²) in [4.78, 5) is 12.1. The second-order valence-corrected chi connectivity index (χ2v) is 5.00. The van der Waals surface area contributed by atoms with Crippen LogP contribution >= 0.6 is 0 Å². The summed E-state index contributed by atoms with van der Waals surface area (Å²) in [6.07, 6.45) is 9.34. The second-order valence-electron chi connectivity index (χ2n) is 5.00. The van der Waals surface area contributed by atoms with Crippen LogP contribution in [0.4, 0.5) is 4.39 Å². The Balaban J connectivity index is 2.13. The maximum Gasteiger partial charge on any atom is 0.251 e. The van der Waals surface area contributed by atoms with Gasteiger partial charge in [-0.3, -0.25) is 4.79 Å². The number of hydrogen-bond donors (Lipinski definition) is 1. The number of benzene rings is 1. The topological polar surface area (TPSA) is 38.3 Å². The third-order valence-corrected chi connectivity index (χ3v) is 3.60. The lowest BCUT2D eigenvalue weighted by molar-refractivity contribution is 0.0936. The number of carbonyl (C=O) groups is 1. The molecular weight excluding hydrogens is 257 g/mol. The molecule has 1 amide bonds. The van der Waals surface area contributed by atoms with Crippen LogP contribution in [-0.4, -0.2) is 18.6 Å². The van der Waals surface area contributed by atoms with Crippen molar-refractivity contribution >= 4 is 5.91 Å². The summed E-state index contributed by atoms with van der Waals surface area (Å²) >= 11 is 0. The third-order valence-electron chi connectivity index (χ3n) is 3.60. The number of ether oxygens (including phenoxy) is 1. The van der Waals surface area contributed by atoms with Crippen LogP contribution in [0.2, 0.25) is 0 Å². The van der Waals surface area contributed by atoms with E-state index in [1.165, 1.54) is 6.07 Å². The lowest BCUT2D eigenvalue weighted by Crippen LogP contribution is -2.33. The first-order valence-corrected chi connectivity index (χ1v) is 6.79. The Morgan fingerprint density at radius 1 is 1.50 bits per heavy atom. The number of terminal acetylenes is 1. The Kier molecular flexibility index (Phi) is 4.62.